The van der Waals surface area contributed by atoms with Crippen LogP contribution in [0.4, 0.5) is 0 Å². The highest BCUT2D eigenvalue weighted by atomic mass is 16.3. The van der Waals surface area contributed by atoms with Crippen molar-refractivity contribution in [3.8, 4) is 0 Å². The lowest BCUT2D eigenvalue weighted by atomic mass is 9.85. The molecule has 1 aromatic heterocycles. The molecule has 1 aliphatic carbocycles. The van der Waals surface area contributed by atoms with E-state index in [1.807, 2.05) is 44.2 Å². The predicted octanol–water partition coefficient (Wildman–Crippen LogP) is 2.82. The second-order valence-electron chi connectivity index (χ2n) is 6.56. The molecule has 22 heavy (non-hydrogen) atoms. The minimum Gasteiger partial charge on any atom is -0.396 e. The highest BCUT2D eigenvalue weighted by molar-refractivity contribution is 6.06. The third-order valence-electron chi connectivity index (χ3n) is 4.84. The maximum absolute atomic E-state index is 12.8. The Kier molecular flexibility index (Phi) is 3.87. The van der Waals surface area contributed by atoms with Crippen LogP contribution in [-0.2, 0) is 0 Å². The molecule has 4 nitrogen and oxygen atoms in total. The van der Waals surface area contributed by atoms with E-state index in [1.165, 1.54) is 0 Å². The van der Waals surface area contributed by atoms with Gasteiger partial charge in [0, 0.05) is 22.5 Å². The van der Waals surface area contributed by atoms with Crippen molar-refractivity contribution < 1.29 is 9.90 Å². The number of hydrogen-bond donors (Lipinski definition) is 2. The number of benzene rings is 1. The van der Waals surface area contributed by atoms with Gasteiger partial charge in [-0.3, -0.25) is 9.78 Å². The molecule has 3 rings (SSSR count). The van der Waals surface area contributed by atoms with Gasteiger partial charge in [-0.25, -0.2) is 0 Å². The number of aryl methyl sites for hydroxylation is 1. The average Bonchev–Trinajstić information content (AvgIpc) is 2.88. The number of carbonyl (C=O) groups excluding carboxylic acids is 1. The summed E-state index contributed by atoms with van der Waals surface area (Å²) in [6, 6.07) is 9.56. The molecule has 2 aromatic rings. The topological polar surface area (TPSA) is 62.2 Å². The van der Waals surface area contributed by atoms with Gasteiger partial charge in [0.15, 0.2) is 0 Å². The van der Waals surface area contributed by atoms with Crippen LogP contribution < -0.4 is 5.32 Å². The number of carbonyl (C=O) groups is 1. The van der Waals surface area contributed by atoms with Crippen LogP contribution in [0, 0.1) is 12.3 Å². The van der Waals surface area contributed by atoms with E-state index in [9.17, 15) is 9.90 Å². The molecule has 2 N–H and O–H groups in total. The van der Waals surface area contributed by atoms with Gasteiger partial charge in [0.1, 0.15) is 0 Å². The summed E-state index contributed by atoms with van der Waals surface area (Å²) < 4.78 is 0. The second kappa shape index (κ2) is 5.69. The molecule has 1 fully saturated rings. The fourth-order valence-electron chi connectivity index (χ4n) is 3.40. The summed E-state index contributed by atoms with van der Waals surface area (Å²) in [6.45, 7) is 4.05. The van der Waals surface area contributed by atoms with Crippen molar-refractivity contribution in [3.63, 3.8) is 0 Å². The molecule has 0 aliphatic heterocycles. The van der Waals surface area contributed by atoms with Crippen LogP contribution >= 0.6 is 0 Å². The fourth-order valence-corrected chi connectivity index (χ4v) is 3.40. The summed E-state index contributed by atoms with van der Waals surface area (Å²) in [5.74, 6) is -0.0757. The number of amides is 1. The number of rotatable bonds is 3. The Morgan fingerprint density at radius 1 is 1.45 bits per heavy atom. The van der Waals surface area contributed by atoms with Gasteiger partial charge < -0.3 is 10.4 Å². The fraction of sp³-hybridized carbons (Fsp3) is 0.444. The highest BCUT2D eigenvalue weighted by Gasteiger charge is 2.39. The van der Waals surface area contributed by atoms with E-state index >= 15 is 0 Å². The van der Waals surface area contributed by atoms with Crippen LogP contribution in [0.5, 0.6) is 0 Å². The largest absolute Gasteiger partial charge is 0.396 e. The Bertz CT molecular complexity index is 713. The molecular weight excluding hydrogens is 276 g/mol. The van der Waals surface area contributed by atoms with Crippen LogP contribution in [0.15, 0.2) is 30.3 Å². The van der Waals surface area contributed by atoms with E-state index in [4.69, 9.17) is 0 Å². The molecule has 0 radical (unpaired) electrons. The van der Waals surface area contributed by atoms with E-state index < -0.39 is 0 Å². The minimum atomic E-state index is -0.215. The lowest BCUT2D eigenvalue weighted by Gasteiger charge is -2.30. The molecule has 0 unspecified atom stereocenters. The summed E-state index contributed by atoms with van der Waals surface area (Å²) >= 11 is 0. The monoisotopic (exact) mass is 298 g/mol. The number of fused-ring (bicyclic) bond motifs is 1. The maximum Gasteiger partial charge on any atom is 0.252 e. The molecule has 2 atom stereocenters. The van der Waals surface area contributed by atoms with Gasteiger partial charge >= 0.3 is 0 Å². The smallest absolute Gasteiger partial charge is 0.252 e. The van der Waals surface area contributed by atoms with Crippen molar-refractivity contribution in [1.82, 2.24) is 10.3 Å². The van der Waals surface area contributed by atoms with Crippen molar-refractivity contribution in [2.45, 2.75) is 39.2 Å². The van der Waals surface area contributed by atoms with Gasteiger partial charge in [0.25, 0.3) is 5.91 Å². The zero-order valence-corrected chi connectivity index (χ0v) is 13.1. The molecule has 1 amide bonds. The number of aliphatic hydroxyl groups excluding tert-OH is 1. The number of para-hydroxylation sites is 1. The van der Waals surface area contributed by atoms with Gasteiger partial charge in [-0.05, 0) is 31.9 Å². The molecule has 0 saturated heterocycles. The number of nitrogens with zero attached hydrogens (tertiary/aromatic N) is 1. The van der Waals surface area contributed by atoms with Crippen LogP contribution in [0.1, 0.15) is 42.2 Å². The van der Waals surface area contributed by atoms with E-state index in [2.05, 4.69) is 10.3 Å². The third kappa shape index (κ3) is 2.59. The van der Waals surface area contributed by atoms with Gasteiger partial charge in [-0.1, -0.05) is 31.5 Å². The second-order valence-corrected chi connectivity index (χ2v) is 6.56. The van der Waals surface area contributed by atoms with E-state index in [0.29, 0.717) is 5.56 Å². The van der Waals surface area contributed by atoms with Crippen LogP contribution in [0.25, 0.3) is 10.9 Å². The molecular formula is C18H22N2O2. The Labute approximate surface area is 130 Å². The van der Waals surface area contributed by atoms with Crippen molar-refractivity contribution in [3.05, 3.63) is 41.6 Å². The van der Waals surface area contributed by atoms with E-state index in [1.54, 1.807) is 0 Å². The van der Waals surface area contributed by atoms with Crippen LogP contribution in [0.2, 0.25) is 0 Å². The summed E-state index contributed by atoms with van der Waals surface area (Å²) in [5, 5.41) is 13.6. The molecule has 1 saturated carbocycles. The van der Waals surface area contributed by atoms with Crippen LogP contribution in [-0.4, -0.2) is 28.6 Å². The molecule has 0 bridgehead atoms. The summed E-state index contributed by atoms with van der Waals surface area (Å²) in [4.78, 5) is 17.2. The van der Waals surface area contributed by atoms with Crippen molar-refractivity contribution in [2.24, 2.45) is 5.41 Å². The van der Waals surface area contributed by atoms with E-state index in [-0.39, 0.29) is 24.0 Å². The molecule has 1 aliphatic rings. The maximum atomic E-state index is 12.8. The number of pyridine rings is 1. The molecule has 116 valence electrons. The first-order valence-corrected chi connectivity index (χ1v) is 7.81. The Morgan fingerprint density at radius 2 is 2.23 bits per heavy atom. The summed E-state index contributed by atoms with van der Waals surface area (Å²) in [7, 11) is 0. The first-order chi connectivity index (χ1) is 10.5. The summed E-state index contributed by atoms with van der Waals surface area (Å²) in [5.41, 5.74) is 2.12. The van der Waals surface area contributed by atoms with Gasteiger partial charge in [-0.2, -0.15) is 0 Å². The summed E-state index contributed by atoms with van der Waals surface area (Å²) in [6.07, 6.45) is 2.91. The molecule has 1 aromatic carbocycles. The average molecular weight is 298 g/mol. The SMILES string of the molecule is Cc1cc(C(=O)N[C@H]2CCC[C@]2(C)CO)c2ccccc2n1. The normalized spacial score (nSPS) is 24.6. The minimum absolute atomic E-state index is 0.0252. The van der Waals surface area contributed by atoms with Gasteiger partial charge in [0.2, 0.25) is 0 Å². The van der Waals surface area contributed by atoms with Crippen molar-refractivity contribution in [2.75, 3.05) is 6.61 Å². The number of aromatic nitrogens is 1. The number of hydrogen-bond acceptors (Lipinski definition) is 3. The Hall–Kier alpha value is -1.94. The Morgan fingerprint density at radius 3 is 3.00 bits per heavy atom. The van der Waals surface area contributed by atoms with Gasteiger partial charge in [-0.15, -0.1) is 0 Å². The molecule has 0 spiro atoms. The number of nitrogens with one attached hydrogen (secondary N) is 1. The first-order valence-electron chi connectivity index (χ1n) is 7.81. The quantitative estimate of drug-likeness (QED) is 0.916. The van der Waals surface area contributed by atoms with E-state index in [0.717, 1.165) is 35.9 Å². The number of aliphatic hydroxyl groups is 1. The van der Waals surface area contributed by atoms with Crippen LogP contribution in [0.3, 0.4) is 0 Å². The van der Waals surface area contributed by atoms with Crippen molar-refractivity contribution in [1.29, 1.82) is 0 Å². The highest BCUT2D eigenvalue weighted by Crippen LogP contribution is 2.37. The lowest BCUT2D eigenvalue weighted by molar-refractivity contribution is 0.0832. The first kappa shape index (κ1) is 15.0. The Balaban J connectivity index is 1.93. The molecule has 4 heteroatoms. The zero-order valence-electron chi connectivity index (χ0n) is 13.1. The van der Waals surface area contributed by atoms with Crippen molar-refractivity contribution >= 4 is 16.8 Å². The lowest BCUT2D eigenvalue weighted by Crippen LogP contribution is -2.44. The van der Waals surface area contributed by atoms with Gasteiger partial charge in [0.05, 0.1) is 17.7 Å². The third-order valence-corrected chi connectivity index (χ3v) is 4.84. The predicted molar refractivity (Wildman–Crippen MR) is 86.8 cm³/mol. The zero-order chi connectivity index (χ0) is 15.7. The standard InChI is InChI=1S/C18H22N2O2/c1-12-10-14(13-6-3-4-7-15(13)19-12)17(22)20-16-8-5-9-18(16,2)11-21/h3-4,6-7,10,16,21H,5,8-9,11H2,1-2H3,(H,20,22)/t16-,18+/m0/s1. The molecule has 1 heterocycles.